The van der Waals surface area contributed by atoms with Crippen molar-refractivity contribution in [2.75, 3.05) is 7.11 Å². The van der Waals surface area contributed by atoms with Crippen LogP contribution in [0.3, 0.4) is 0 Å². The van der Waals surface area contributed by atoms with Crippen LogP contribution in [0.4, 0.5) is 0 Å². The van der Waals surface area contributed by atoms with Crippen LogP contribution in [0, 0.1) is 17.3 Å². The number of carbonyl (C=O) groups is 2. The van der Waals surface area contributed by atoms with Gasteiger partial charge < -0.3 is 9.84 Å². The van der Waals surface area contributed by atoms with Crippen LogP contribution in [-0.2, 0) is 14.3 Å². The number of rotatable bonds is 3. The van der Waals surface area contributed by atoms with Crippen LogP contribution in [0.2, 0.25) is 0 Å². The summed E-state index contributed by atoms with van der Waals surface area (Å²) in [5.74, 6) is -1.08. The second kappa shape index (κ2) is 3.59. The number of aliphatic carboxylic acids is 1. The monoisotopic (exact) mass is 200 g/mol. The van der Waals surface area contributed by atoms with Gasteiger partial charge in [0.25, 0.3) is 0 Å². The maximum Gasteiger partial charge on any atom is 0.309 e. The predicted octanol–water partition coefficient (Wildman–Crippen LogP) is 1.30. The van der Waals surface area contributed by atoms with E-state index in [9.17, 15) is 9.59 Å². The molecule has 0 aromatic carbocycles. The van der Waals surface area contributed by atoms with E-state index in [2.05, 4.69) is 4.74 Å². The summed E-state index contributed by atoms with van der Waals surface area (Å²) in [6.07, 6.45) is 0.770. The largest absolute Gasteiger partial charge is 0.481 e. The average Bonchev–Trinajstić information content (AvgIpc) is 2.10. The molecule has 2 unspecified atom stereocenters. The Bertz CT molecular complexity index is 257. The van der Waals surface area contributed by atoms with Crippen LogP contribution in [0.5, 0.6) is 0 Å². The molecule has 1 N–H and O–H groups in total. The van der Waals surface area contributed by atoms with Crippen molar-refractivity contribution >= 4 is 11.9 Å². The van der Waals surface area contributed by atoms with Crippen molar-refractivity contribution < 1.29 is 19.4 Å². The number of ether oxygens (including phenoxy) is 1. The summed E-state index contributed by atoms with van der Waals surface area (Å²) in [7, 11) is 1.36. The molecule has 1 saturated carbocycles. The molecule has 0 aromatic rings. The zero-order valence-corrected chi connectivity index (χ0v) is 8.74. The smallest absolute Gasteiger partial charge is 0.309 e. The second-order valence-corrected chi connectivity index (χ2v) is 4.43. The number of esters is 1. The highest BCUT2D eigenvalue weighted by molar-refractivity contribution is 5.75. The number of hydrogen-bond acceptors (Lipinski definition) is 3. The molecule has 4 heteroatoms. The quantitative estimate of drug-likeness (QED) is 0.697. The highest BCUT2D eigenvalue weighted by Crippen LogP contribution is 2.53. The van der Waals surface area contributed by atoms with Gasteiger partial charge >= 0.3 is 11.9 Å². The minimum absolute atomic E-state index is 0.0871. The number of hydrogen-bond donors (Lipinski definition) is 1. The summed E-state index contributed by atoms with van der Waals surface area (Å²) in [5.41, 5.74) is -0.245. The first-order chi connectivity index (χ1) is 6.39. The summed E-state index contributed by atoms with van der Waals surface area (Å²) >= 11 is 0. The van der Waals surface area contributed by atoms with Gasteiger partial charge in [0, 0.05) is 6.42 Å². The molecule has 0 saturated heterocycles. The van der Waals surface area contributed by atoms with Gasteiger partial charge in [0.05, 0.1) is 13.0 Å². The normalized spacial score (nSPS) is 29.1. The van der Waals surface area contributed by atoms with E-state index >= 15 is 0 Å². The molecule has 14 heavy (non-hydrogen) atoms. The topological polar surface area (TPSA) is 63.6 Å². The Balaban J connectivity index is 2.58. The van der Waals surface area contributed by atoms with Gasteiger partial charge in [0.2, 0.25) is 0 Å². The standard InChI is InChI=1S/C10H16O4/c1-10(2)6(5-8(11)12)4-7(10)9(13)14-3/h6-7H,4-5H2,1-3H3,(H,11,12). The lowest BCUT2D eigenvalue weighted by molar-refractivity contribution is -0.166. The first kappa shape index (κ1) is 11.0. The molecule has 1 aliphatic rings. The van der Waals surface area contributed by atoms with E-state index in [-0.39, 0.29) is 29.6 Å². The molecular weight excluding hydrogens is 184 g/mol. The van der Waals surface area contributed by atoms with Crippen LogP contribution >= 0.6 is 0 Å². The van der Waals surface area contributed by atoms with E-state index < -0.39 is 5.97 Å². The first-order valence-corrected chi connectivity index (χ1v) is 4.69. The Morgan fingerprint density at radius 3 is 2.43 bits per heavy atom. The molecule has 4 nitrogen and oxygen atoms in total. The van der Waals surface area contributed by atoms with Gasteiger partial charge in [0.1, 0.15) is 0 Å². The van der Waals surface area contributed by atoms with Gasteiger partial charge in [-0.05, 0) is 17.8 Å². The fourth-order valence-electron chi connectivity index (χ4n) is 2.12. The summed E-state index contributed by atoms with van der Waals surface area (Å²) in [6, 6.07) is 0. The molecule has 0 amide bonds. The summed E-state index contributed by atoms with van der Waals surface area (Å²) < 4.78 is 4.66. The fraction of sp³-hybridized carbons (Fsp3) is 0.800. The first-order valence-electron chi connectivity index (χ1n) is 4.69. The highest BCUT2D eigenvalue weighted by atomic mass is 16.5. The fourth-order valence-corrected chi connectivity index (χ4v) is 2.12. The molecule has 1 fully saturated rings. The van der Waals surface area contributed by atoms with Crippen molar-refractivity contribution in [3.05, 3.63) is 0 Å². The van der Waals surface area contributed by atoms with E-state index in [1.54, 1.807) is 0 Å². The van der Waals surface area contributed by atoms with Crippen LogP contribution in [-0.4, -0.2) is 24.2 Å². The summed E-state index contributed by atoms with van der Waals surface area (Å²) in [6.45, 7) is 3.84. The Morgan fingerprint density at radius 1 is 1.50 bits per heavy atom. The van der Waals surface area contributed by atoms with E-state index in [0.717, 1.165) is 0 Å². The van der Waals surface area contributed by atoms with Crippen molar-refractivity contribution in [2.24, 2.45) is 17.3 Å². The number of carboxylic acid groups (broad SMARTS) is 1. The zero-order chi connectivity index (χ0) is 10.9. The Kier molecular flexibility index (Phi) is 2.83. The average molecular weight is 200 g/mol. The Labute approximate surface area is 83.2 Å². The van der Waals surface area contributed by atoms with Crippen molar-refractivity contribution in [1.29, 1.82) is 0 Å². The summed E-state index contributed by atoms with van der Waals surface area (Å²) in [5, 5.41) is 8.65. The third-order valence-electron chi connectivity index (χ3n) is 3.38. The lowest BCUT2D eigenvalue weighted by Gasteiger charge is -2.49. The SMILES string of the molecule is COC(=O)C1CC(CC(=O)O)C1(C)C. The third kappa shape index (κ3) is 1.74. The Hall–Kier alpha value is -1.06. The molecule has 2 atom stereocenters. The number of carbonyl (C=O) groups excluding carboxylic acids is 1. The van der Waals surface area contributed by atoms with Gasteiger partial charge in [0.15, 0.2) is 0 Å². The molecule has 0 aliphatic heterocycles. The minimum atomic E-state index is -0.800. The van der Waals surface area contributed by atoms with Crippen LogP contribution < -0.4 is 0 Å². The maximum absolute atomic E-state index is 11.3. The minimum Gasteiger partial charge on any atom is -0.481 e. The molecule has 0 bridgehead atoms. The van der Waals surface area contributed by atoms with Crippen molar-refractivity contribution in [3.63, 3.8) is 0 Å². The van der Waals surface area contributed by atoms with Gasteiger partial charge in [-0.2, -0.15) is 0 Å². The van der Waals surface area contributed by atoms with Gasteiger partial charge in [-0.3, -0.25) is 9.59 Å². The molecule has 1 aliphatic carbocycles. The van der Waals surface area contributed by atoms with E-state index in [0.29, 0.717) is 6.42 Å². The summed E-state index contributed by atoms with van der Waals surface area (Å²) in [4.78, 5) is 21.8. The van der Waals surface area contributed by atoms with Gasteiger partial charge in [-0.25, -0.2) is 0 Å². The van der Waals surface area contributed by atoms with Crippen molar-refractivity contribution in [2.45, 2.75) is 26.7 Å². The van der Waals surface area contributed by atoms with Gasteiger partial charge in [-0.1, -0.05) is 13.8 Å². The zero-order valence-electron chi connectivity index (χ0n) is 8.74. The van der Waals surface area contributed by atoms with Crippen LogP contribution in [0.15, 0.2) is 0 Å². The van der Waals surface area contributed by atoms with Crippen molar-refractivity contribution in [1.82, 2.24) is 0 Å². The van der Waals surface area contributed by atoms with E-state index in [4.69, 9.17) is 5.11 Å². The van der Waals surface area contributed by atoms with Gasteiger partial charge in [-0.15, -0.1) is 0 Å². The molecular formula is C10H16O4. The van der Waals surface area contributed by atoms with E-state index in [1.807, 2.05) is 13.8 Å². The molecule has 0 heterocycles. The number of methoxy groups -OCH3 is 1. The van der Waals surface area contributed by atoms with E-state index in [1.165, 1.54) is 7.11 Å². The highest BCUT2D eigenvalue weighted by Gasteiger charge is 2.52. The van der Waals surface area contributed by atoms with Crippen LogP contribution in [0.1, 0.15) is 26.7 Å². The molecule has 0 spiro atoms. The Morgan fingerprint density at radius 2 is 2.07 bits per heavy atom. The van der Waals surface area contributed by atoms with Crippen LogP contribution in [0.25, 0.3) is 0 Å². The lowest BCUT2D eigenvalue weighted by Crippen LogP contribution is -2.49. The molecule has 80 valence electrons. The molecule has 0 aromatic heterocycles. The van der Waals surface area contributed by atoms with Crippen molar-refractivity contribution in [3.8, 4) is 0 Å². The molecule has 0 radical (unpaired) electrons. The third-order valence-corrected chi connectivity index (χ3v) is 3.38. The lowest BCUT2D eigenvalue weighted by atomic mass is 9.54. The predicted molar refractivity (Wildman–Crippen MR) is 49.6 cm³/mol. The number of carboxylic acids is 1. The second-order valence-electron chi connectivity index (χ2n) is 4.43. The maximum atomic E-state index is 11.3. The molecule has 1 rings (SSSR count).